The summed E-state index contributed by atoms with van der Waals surface area (Å²) >= 11 is 1.81. The van der Waals surface area contributed by atoms with E-state index in [9.17, 15) is 0 Å². The van der Waals surface area contributed by atoms with Crippen molar-refractivity contribution < 1.29 is 4.74 Å². The Bertz CT molecular complexity index is 658. The number of nitrogens with one attached hydrogen (secondary N) is 1. The van der Waals surface area contributed by atoms with E-state index in [1.54, 1.807) is 0 Å². The molecule has 5 nitrogen and oxygen atoms in total. The molecule has 1 aliphatic heterocycles. The number of hydrogen-bond donors (Lipinski definition) is 1. The van der Waals surface area contributed by atoms with Crippen molar-refractivity contribution in [3.05, 3.63) is 34.0 Å². The van der Waals surface area contributed by atoms with Crippen molar-refractivity contribution in [2.24, 2.45) is 5.92 Å². The summed E-state index contributed by atoms with van der Waals surface area (Å²) in [6, 6.07) is 0. The Balaban J connectivity index is 1.53. The molecule has 0 amide bonds. The van der Waals surface area contributed by atoms with Gasteiger partial charge in [0.2, 0.25) is 0 Å². The Hall–Kier alpha value is -1.24. The summed E-state index contributed by atoms with van der Waals surface area (Å²) in [5, 5.41) is 9.17. The first kappa shape index (κ1) is 17.6. The van der Waals surface area contributed by atoms with Crippen LogP contribution in [0.15, 0.2) is 18.6 Å². The molecule has 0 aromatic carbocycles. The zero-order chi connectivity index (χ0) is 17.2. The zero-order valence-corrected chi connectivity index (χ0v) is 15.9. The van der Waals surface area contributed by atoms with E-state index < -0.39 is 0 Å². The van der Waals surface area contributed by atoms with Gasteiger partial charge in [-0.05, 0) is 13.3 Å². The minimum Gasteiger partial charge on any atom is -0.373 e. The molecule has 0 unspecified atom stereocenters. The van der Waals surface area contributed by atoms with Gasteiger partial charge in [0, 0.05) is 60.4 Å². The van der Waals surface area contributed by atoms with Gasteiger partial charge in [-0.15, -0.1) is 11.3 Å². The van der Waals surface area contributed by atoms with Crippen LogP contribution in [-0.2, 0) is 23.2 Å². The van der Waals surface area contributed by atoms with E-state index >= 15 is 0 Å². The maximum absolute atomic E-state index is 5.96. The number of hydrogen-bond acceptors (Lipinski definition) is 5. The second kappa shape index (κ2) is 7.33. The van der Waals surface area contributed by atoms with Crippen molar-refractivity contribution in [3.8, 4) is 0 Å². The molecule has 0 saturated carbocycles. The summed E-state index contributed by atoms with van der Waals surface area (Å²) in [6.45, 7) is 12.3. The molecule has 1 saturated heterocycles. The van der Waals surface area contributed by atoms with Gasteiger partial charge in [0.15, 0.2) is 0 Å². The first-order valence-electron chi connectivity index (χ1n) is 8.77. The summed E-state index contributed by atoms with van der Waals surface area (Å²) in [5.74, 6) is 0.509. The third-order valence-electron chi connectivity index (χ3n) is 4.42. The van der Waals surface area contributed by atoms with Gasteiger partial charge in [-0.1, -0.05) is 20.8 Å². The van der Waals surface area contributed by atoms with Crippen molar-refractivity contribution in [2.75, 3.05) is 13.2 Å². The molecule has 0 radical (unpaired) electrons. The number of nitrogens with zero attached hydrogens (tertiary/aromatic N) is 3. The fourth-order valence-electron chi connectivity index (χ4n) is 3.03. The highest BCUT2D eigenvalue weighted by Gasteiger charge is 2.30. The van der Waals surface area contributed by atoms with Crippen molar-refractivity contribution in [1.29, 1.82) is 0 Å². The quantitative estimate of drug-likeness (QED) is 0.868. The molecule has 1 aliphatic rings. The van der Waals surface area contributed by atoms with Crippen LogP contribution in [0.25, 0.3) is 0 Å². The lowest BCUT2D eigenvalue weighted by molar-refractivity contribution is 0.0904. The van der Waals surface area contributed by atoms with Crippen LogP contribution >= 0.6 is 11.3 Å². The Labute approximate surface area is 148 Å². The molecule has 3 rings (SSSR count). The van der Waals surface area contributed by atoms with Crippen LogP contribution in [0.5, 0.6) is 0 Å². The highest BCUT2D eigenvalue weighted by Crippen LogP contribution is 2.34. The highest BCUT2D eigenvalue weighted by molar-refractivity contribution is 7.11. The molecular formula is C18H28N4OS. The Morgan fingerprint density at radius 1 is 1.38 bits per heavy atom. The van der Waals surface area contributed by atoms with Crippen molar-refractivity contribution >= 4 is 11.3 Å². The predicted octanol–water partition coefficient (Wildman–Crippen LogP) is 3.52. The molecule has 2 atom stereocenters. The summed E-state index contributed by atoms with van der Waals surface area (Å²) in [5.41, 5.74) is 1.33. The highest BCUT2D eigenvalue weighted by atomic mass is 32.1. The molecule has 1 N–H and O–H groups in total. The molecule has 24 heavy (non-hydrogen) atoms. The van der Waals surface area contributed by atoms with E-state index in [-0.39, 0.29) is 11.5 Å². The summed E-state index contributed by atoms with van der Waals surface area (Å²) in [7, 11) is 0. The van der Waals surface area contributed by atoms with Gasteiger partial charge in [0.1, 0.15) is 0 Å². The second-order valence-corrected chi connectivity index (χ2v) is 8.60. The first-order valence-corrected chi connectivity index (χ1v) is 9.59. The van der Waals surface area contributed by atoms with Crippen LogP contribution in [0.4, 0.5) is 0 Å². The van der Waals surface area contributed by atoms with Crippen LogP contribution in [0, 0.1) is 5.92 Å². The fourth-order valence-corrected chi connectivity index (χ4v) is 3.97. The lowest BCUT2D eigenvalue weighted by atomic mass is 9.97. The van der Waals surface area contributed by atoms with Crippen LogP contribution in [-0.4, -0.2) is 27.9 Å². The molecule has 1 fully saturated rings. The van der Waals surface area contributed by atoms with E-state index in [0.717, 1.165) is 32.7 Å². The lowest BCUT2D eigenvalue weighted by Gasteiger charge is -2.17. The zero-order valence-electron chi connectivity index (χ0n) is 15.1. The summed E-state index contributed by atoms with van der Waals surface area (Å²) in [4.78, 5) is 5.86. The maximum atomic E-state index is 5.96. The predicted molar refractivity (Wildman–Crippen MR) is 97.2 cm³/mol. The van der Waals surface area contributed by atoms with Crippen molar-refractivity contribution in [1.82, 2.24) is 20.1 Å². The van der Waals surface area contributed by atoms with Gasteiger partial charge in [0.05, 0.1) is 17.3 Å². The number of aromatic nitrogens is 3. The van der Waals surface area contributed by atoms with Gasteiger partial charge in [-0.25, -0.2) is 4.98 Å². The smallest absolute Gasteiger partial charge is 0.0981 e. The first-order chi connectivity index (χ1) is 11.5. The largest absolute Gasteiger partial charge is 0.373 e. The van der Waals surface area contributed by atoms with Crippen LogP contribution in [0.1, 0.15) is 55.7 Å². The minimum absolute atomic E-state index is 0.132. The van der Waals surface area contributed by atoms with E-state index in [4.69, 9.17) is 4.74 Å². The number of ether oxygens (including phenoxy) is 1. The third-order valence-corrected chi connectivity index (χ3v) is 5.84. The SMILES string of the molecule is CCn1cc([C@@H]2OCC[C@H]2CNCc2cnc(C(C)(C)C)s2)cn1. The molecule has 2 aromatic rings. The van der Waals surface area contributed by atoms with Crippen LogP contribution in [0.2, 0.25) is 0 Å². The average Bonchev–Trinajstić information content (AvgIpc) is 3.26. The van der Waals surface area contributed by atoms with Gasteiger partial charge in [-0.3, -0.25) is 4.68 Å². The van der Waals surface area contributed by atoms with Gasteiger partial charge in [0.25, 0.3) is 0 Å². The van der Waals surface area contributed by atoms with E-state index in [0.29, 0.717) is 5.92 Å². The molecule has 0 bridgehead atoms. The molecule has 132 valence electrons. The lowest BCUT2D eigenvalue weighted by Crippen LogP contribution is -2.24. The average molecular weight is 349 g/mol. The normalized spacial score (nSPS) is 21.5. The van der Waals surface area contributed by atoms with Crippen molar-refractivity contribution in [3.63, 3.8) is 0 Å². The summed E-state index contributed by atoms with van der Waals surface area (Å²) < 4.78 is 7.92. The van der Waals surface area contributed by atoms with Crippen LogP contribution < -0.4 is 5.32 Å². The minimum atomic E-state index is 0.132. The molecule has 0 aliphatic carbocycles. The Kier molecular flexibility index (Phi) is 5.37. The second-order valence-electron chi connectivity index (χ2n) is 7.48. The Morgan fingerprint density at radius 3 is 2.88 bits per heavy atom. The molecule has 3 heterocycles. The molecular weight excluding hydrogens is 320 g/mol. The topological polar surface area (TPSA) is 52.0 Å². The van der Waals surface area contributed by atoms with Gasteiger partial charge in [-0.2, -0.15) is 5.10 Å². The fraction of sp³-hybridized carbons (Fsp3) is 0.667. The number of aryl methyl sites for hydroxylation is 1. The molecule has 0 spiro atoms. The van der Waals surface area contributed by atoms with E-state index in [1.807, 2.05) is 28.4 Å². The number of rotatable bonds is 6. The van der Waals surface area contributed by atoms with Crippen molar-refractivity contribution in [2.45, 2.75) is 58.7 Å². The van der Waals surface area contributed by atoms with E-state index in [2.05, 4.69) is 49.3 Å². The monoisotopic (exact) mass is 348 g/mol. The summed E-state index contributed by atoms with van der Waals surface area (Å²) in [6.07, 6.45) is 7.34. The van der Waals surface area contributed by atoms with Crippen LogP contribution in [0.3, 0.4) is 0 Å². The maximum Gasteiger partial charge on any atom is 0.0981 e. The number of thiazole rings is 1. The molecule has 2 aromatic heterocycles. The van der Waals surface area contributed by atoms with Gasteiger partial charge < -0.3 is 10.1 Å². The van der Waals surface area contributed by atoms with Gasteiger partial charge >= 0.3 is 0 Å². The standard InChI is InChI=1S/C18H28N4OS/c1-5-22-12-14(9-21-22)16-13(6-7-23-16)8-19-10-15-11-20-17(24-15)18(2,3)4/h9,11-13,16,19H,5-8,10H2,1-4H3/t13-,16+/m0/s1. The third kappa shape index (κ3) is 4.05. The Morgan fingerprint density at radius 2 is 2.21 bits per heavy atom. The molecule has 6 heteroatoms. The van der Waals surface area contributed by atoms with E-state index in [1.165, 1.54) is 15.4 Å².